The van der Waals surface area contributed by atoms with Crippen LogP contribution < -0.4 is 0 Å². The molecule has 0 atom stereocenters. The van der Waals surface area contributed by atoms with Crippen molar-refractivity contribution in [3.05, 3.63) is 58.7 Å². The molecule has 28 heavy (non-hydrogen) atoms. The van der Waals surface area contributed by atoms with Crippen LogP contribution in [-0.2, 0) is 23.1 Å². The highest BCUT2D eigenvalue weighted by molar-refractivity contribution is 5.82. The molecule has 1 heteroatoms. The number of carbonyl (C=O) groups excluding carboxylic acids is 1. The predicted molar refractivity (Wildman–Crippen MR) is 120 cm³/mol. The lowest BCUT2D eigenvalue weighted by Gasteiger charge is -2.33. The Kier molecular flexibility index (Phi) is 7.10. The summed E-state index contributed by atoms with van der Waals surface area (Å²) in [6.07, 6.45) is 12.3. The summed E-state index contributed by atoms with van der Waals surface area (Å²) in [7, 11) is 0. The summed E-state index contributed by atoms with van der Waals surface area (Å²) in [6, 6.07) is 14.3. The minimum Gasteiger partial charge on any atom is -0.303 e. The third-order valence-corrected chi connectivity index (χ3v) is 6.49. The molecule has 2 aromatic rings. The van der Waals surface area contributed by atoms with E-state index in [0.717, 1.165) is 19.1 Å². The highest BCUT2D eigenvalue weighted by Crippen LogP contribution is 2.54. The van der Waals surface area contributed by atoms with Crippen LogP contribution in [0.1, 0.15) is 94.4 Å². The molecule has 2 aromatic carbocycles. The van der Waals surface area contributed by atoms with Crippen LogP contribution in [0.3, 0.4) is 0 Å². The summed E-state index contributed by atoms with van der Waals surface area (Å²) in [5.41, 5.74) is 8.91. The molecule has 0 bridgehead atoms. The molecule has 0 unspecified atom stereocenters. The van der Waals surface area contributed by atoms with E-state index in [1.165, 1.54) is 72.8 Å². The summed E-state index contributed by atoms with van der Waals surface area (Å²) in [6.45, 7) is 6.86. The lowest BCUT2D eigenvalue weighted by atomic mass is 9.70. The second-order valence-electron chi connectivity index (χ2n) is 8.50. The quantitative estimate of drug-likeness (QED) is 0.373. The van der Waals surface area contributed by atoms with Gasteiger partial charge in [-0.1, -0.05) is 89.3 Å². The zero-order valence-corrected chi connectivity index (χ0v) is 18.0. The predicted octanol–water partition coefficient (Wildman–Crippen LogP) is 7.42. The van der Waals surface area contributed by atoms with Crippen LogP contribution in [0.5, 0.6) is 0 Å². The lowest BCUT2D eigenvalue weighted by molar-refractivity contribution is -0.107. The third kappa shape index (κ3) is 3.95. The van der Waals surface area contributed by atoms with Crippen LogP contribution in [0.25, 0.3) is 11.1 Å². The molecule has 3 rings (SSSR count). The molecule has 0 saturated carbocycles. The number of aldehydes is 1. The van der Waals surface area contributed by atoms with Crippen LogP contribution in [-0.4, -0.2) is 6.29 Å². The third-order valence-electron chi connectivity index (χ3n) is 6.49. The smallest absolute Gasteiger partial charge is 0.120 e. The molecular weight excluding hydrogens is 340 g/mol. The van der Waals surface area contributed by atoms with Crippen LogP contribution in [0, 0.1) is 0 Å². The molecule has 0 radical (unpaired) electrons. The maximum Gasteiger partial charge on any atom is 0.120 e. The summed E-state index contributed by atoms with van der Waals surface area (Å²) in [5.74, 6) is 0. The molecule has 0 saturated heterocycles. The lowest BCUT2D eigenvalue weighted by Crippen LogP contribution is -2.25. The summed E-state index contributed by atoms with van der Waals surface area (Å²) in [5, 5.41) is 0. The van der Waals surface area contributed by atoms with Gasteiger partial charge < -0.3 is 4.79 Å². The second kappa shape index (κ2) is 9.54. The number of carbonyl (C=O) groups is 1. The van der Waals surface area contributed by atoms with Crippen molar-refractivity contribution < 1.29 is 4.79 Å². The molecule has 0 spiro atoms. The van der Waals surface area contributed by atoms with Gasteiger partial charge in [-0.25, -0.2) is 0 Å². The van der Waals surface area contributed by atoms with E-state index in [9.17, 15) is 4.79 Å². The van der Waals surface area contributed by atoms with Crippen molar-refractivity contribution in [2.24, 2.45) is 0 Å². The van der Waals surface area contributed by atoms with Crippen molar-refractivity contribution in [2.45, 2.75) is 90.4 Å². The largest absolute Gasteiger partial charge is 0.303 e. The van der Waals surface area contributed by atoms with Crippen molar-refractivity contribution in [1.29, 1.82) is 0 Å². The molecule has 1 nitrogen and oxygen atoms in total. The molecule has 0 aliphatic heterocycles. The average Bonchev–Trinajstić information content (AvgIpc) is 2.98. The molecule has 0 amide bonds. The number of unbranched alkanes of at least 4 members (excludes halogenated alkanes) is 2. The Morgan fingerprint density at radius 1 is 0.750 bits per heavy atom. The van der Waals surface area contributed by atoms with Crippen molar-refractivity contribution in [1.82, 2.24) is 0 Å². The van der Waals surface area contributed by atoms with E-state index >= 15 is 0 Å². The Labute approximate surface area is 171 Å². The minimum absolute atomic E-state index is 0.151. The number of benzene rings is 2. The van der Waals surface area contributed by atoms with Gasteiger partial charge in [-0.3, -0.25) is 0 Å². The number of rotatable bonds is 11. The van der Waals surface area contributed by atoms with Gasteiger partial charge in [0, 0.05) is 11.8 Å². The zero-order valence-electron chi connectivity index (χ0n) is 18.0. The Balaban J connectivity index is 2.16. The topological polar surface area (TPSA) is 17.1 Å². The van der Waals surface area contributed by atoms with E-state index < -0.39 is 0 Å². The van der Waals surface area contributed by atoms with Gasteiger partial charge in [0.15, 0.2) is 0 Å². The average molecular weight is 377 g/mol. The summed E-state index contributed by atoms with van der Waals surface area (Å²) >= 11 is 0. The van der Waals surface area contributed by atoms with E-state index in [0.29, 0.717) is 6.42 Å². The normalized spacial score (nSPS) is 14.0. The van der Waals surface area contributed by atoms with Crippen molar-refractivity contribution in [2.75, 3.05) is 0 Å². The van der Waals surface area contributed by atoms with E-state index in [4.69, 9.17) is 0 Å². The Morgan fingerprint density at radius 3 is 2.07 bits per heavy atom. The van der Waals surface area contributed by atoms with E-state index in [1.54, 1.807) is 5.56 Å². The molecular formula is C27H36O. The first-order valence-corrected chi connectivity index (χ1v) is 11.4. The molecule has 0 fully saturated rings. The Bertz CT molecular complexity index is 794. The molecule has 150 valence electrons. The maximum atomic E-state index is 10.9. The number of aryl methyl sites for hydroxylation is 2. The summed E-state index contributed by atoms with van der Waals surface area (Å²) < 4.78 is 0. The molecule has 1 aliphatic rings. The van der Waals surface area contributed by atoms with Gasteiger partial charge in [0.2, 0.25) is 0 Å². The second-order valence-corrected chi connectivity index (χ2v) is 8.50. The monoisotopic (exact) mass is 376 g/mol. The molecule has 0 N–H and O–H groups in total. The standard InChI is InChI=1S/C27H36O/c1-4-7-16-27(17-8-5-2)25-15-13-21(10-6-3)19-24(25)23-14-12-22(11-9-18-28)20-26(23)27/h12-15,18-20H,4-11,16-17H2,1-3H3. The Hall–Kier alpha value is -1.89. The van der Waals surface area contributed by atoms with Crippen LogP contribution in [0.4, 0.5) is 0 Å². The highest BCUT2D eigenvalue weighted by atomic mass is 16.1. The fourth-order valence-electron chi connectivity index (χ4n) is 5.04. The highest BCUT2D eigenvalue weighted by Gasteiger charge is 2.42. The SMILES string of the molecule is CCCCC1(CCCC)c2ccc(CCC)cc2-c2ccc(CCC=O)cc21. The maximum absolute atomic E-state index is 10.9. The molecule has 0 aromatic heterocycles. The first kappa shape index (κ1) is 20.8. The summed E-state index contributed by atoms with van der Waals surface area (Å²) in [4.78, 5) is 10.9. The first-order chi connectivity index (χ1) is 13.7. The first-order valence-electron chi connectivity index (χ1n) is 11.4. The minimum atomic E-state index is 0.151. The van der Waals surface area contributed by atoms with Gasteiger partial charge in [0.05, 0.1) is 0 Å². The van der Waals surface area contributed by atoms with Gasteiger partial charge in [-0.15, -0.1) is 0 Å². The van der Waals surface area contributed by atoms with Gasteiger partial charge >= 0.3 is 0 Å². The van der Waals surface area contributed by atoms with Gasteiger partial charge in [0.1, 0.15) is 6.29 Å². The van der Waals surface area contributed by atoms with Crippen LogP contribution in [0.2, 0.25) is 0 Å². The number of hydrogen-bond acceptors (Lipinski definition) is 1. The van der Waals surface area contributed by atoms with E-state index in [2.05, 4.69) is 57.2 Å². The fourth-order valence-corrected chi connectivity index (χ4v) is 5.04. The molecule has 0 heterocycles. The molecule has 1 aliphatic carbocycles. The van der Waals surface area contributed by atoms with Crippen LogP contribution in [0.15, 0.2) is 36.4 Å². The van der Waals surface area contributed by atoms with Gasteiger partial charge in [0.25, 0.3) is 0 Å². The van der Waals surface area contributed by atoms with Gasteiger partial charge in [-0.2, -0.15) is 0 Å². The number of fused-ring (bicyclic) bond motifs is 3. The van der Waals surface area contributed by atoms with E-state index in [1.807, 2.05) is 0 Å². The number of hydrogen-bond donors (Lipinski definition) is 0. The van der Waals surface area contributed by atoms with Crippen molar-refractivity contribution in [3.8, 4) is 11.1 Å². The van der Waals surface area contributed by atoms with Crippen molar-refractivity contribution >= 4 is 6.29 Å². The Morgan fingerprint density at radius 2 is 1.43 bits per heavy atom. The fraction of sp³-hybridized carbons (Fsp3) is 0.519. The van der Waals surface area contributed by atoms with E-state index in [-0.39, 0.29) is 5.41 Å². The van der Waals surface area contributed by atoms with Crippen molar-refractivity contribution in [3.63, 3.8) is 0 Å². The van der Waals surface area contributed by atoms with Crippen LogP contribution >= 0.6 is 0 Å². The van der Waals surface area contributed by atoms with Gasteiger partial charge in [-0.05, 0) is 59.1 Å². The zero-order chi connectivity index (χ0) is 20.0.